The fourth-order valence-electron chi connectivity index (χ4n) is 2.69. The monoisotopic (exact) mass is 430 g/mol. The highest BCUT2D eigenvalue weighted by atomic mass is 19.4. The Kier molecular flexibility index (Phi) is 6.77. The van der Waals surface area contributed by atoms with E-state index in [2.05, 4.69) is 31.8 Å². The number of hydrogen-bond acceptors (Lipinski definition) is 7. The molecule has 1 amide bonds. The van der Waals surface area contributed by atoms with Gasteiger partial charge in [-0.25, -0.2) is 4.39 Å². The van der Waals surface area contributed by atoms with Gasteiger partial charge in [-0.05, 0) is 12.5 Å². The molecule has 0 radical (unpaired) electrons. The number of carbonyl (C=O) groups is 1. The molecule has 2 heterocycles. The molecular formula is C18H18F4N4O4. The van der Waals surface area contributed by atoms with Gasteiger partial charge in [0.2, 0.25) is 17.7 Å². The van der Waals surface area contributed by atoms with Crippen molar-refractivity contribution in [2.45, 2.75) is 44.3 Å². The maximum Gasteiger partial charge on any atom is 0.522 e. The Hall–Kier alpha value is -2.86. The van der Waals surface area contributed by atoms with Crippen LogP contribution in [0.5, 0.6) is 0 Å². The number of aryl methyl sites for hydroxylation is 1. The first kappa shape index (κ1) is 21.8. The van der Waals surface area contributed by atoms with Crippen molar-refractivity contribution in [1.29, 1.82) is 0 Å². The highest BCUT2D eigenvalue weighted by Crippen LogP contribution is 2.32. The Morgan fingerprint density at radius 3 is 2.73 bits per heavy atom. The summed E-state index contributed by atoms with van der Waals surface area (Å²) < 4.78 is 63.8. The summed E-state index contributed by atoms with van der Waals surface area (Å²) in [5.74, 6) is -0.618. The van der Waals surface area contributed by atoms with Crippen LogP contribution >= 0.6 is 0 Å². The summed E-state index contributed by atoms with van der Waals surface area (Å²) in [6, 6.07) is 1.21. The van der Waals surface area contributed by atoms with Gasteiger partial charge in [-0.2, -0.15) is 0 Å². The van der Waals surface area contributed by atoms with Gasteiger partial charge >= 0.3 is 6.36 Å². The zero-order valence-electron chi connectivity index (χ0n) is 15.6. The van der Waals surface area contributed by atoms with Crippen LogP contribution in [0.15, 0.2) is 35.2 Å². The number of ether oxygens (including phenoxy) is 2. The standard InChI is InChI=1S/C18H18F4N4O4/c1-10(24-15(27)9-28-13-5-14(6-13)30-18(20,21)22)2-3-16-25-26-17(29-16)11-4-12(19)8-23-7-11/h4,7-8,13-14H,1-3,5-6,9H2,(H,24,27)/t13-,14+. The van der Waals surface area contributed by atoms with E-state index in [1.54, 1.807) is 0 Å². The van der Waals surface area contributed by atoms with Crippen molar-refractivity contribution in [3.05, 3.63) is 42.4 Å². The number of nitrogens with one attached hydrogen (secondary N) is 1. The van der Waals surface area contributed by atoms with E-state index in [0.717, 1.165) is 6.20 Å². The minimum Gasteiger partial charge on any atom is -0.421 e. The van der Waals surface area contributed by atoms with Crippen molar-refractivity contribution in [3.8, 4) is 11.5 Å². The first-order valence-electron chi connectivity index (χ1n) is 8.95. The van der Waals surface area contributed by atoms with Crippen molar-refractivity contribution in [1.82, 2.24) is 20.5 Å². The fourth-order valence-corrected chi connectivity index (χ4v) is 2.69. The molecular weight excluding hydrogens is 412 g/mol. The highest BCUT2D eigenvalue weighted by molar-refractivity contribution is 5.78. The van der Waals surface area contributed by atoms with Crippen LogP contribution in [0.1, 0.15) is 25.2 Å². The van der Waals surface area contributed by atoms with Gasteiger partial charge in [0.1, 0.15) is 12.4 Å². The molecule has 0 atom stereocenters. The zero-order valence-corrected chi connectivity index (χ0v) is 15.6. The minimum atomic E-state index is -4.67. The Balaban J connectivity index is 1.34. The number of pyridine rings is 1. The largest absolute Gasteiger partial charge is 0.522 e. The van der Waals surface area contributed by atoms with E-state index in [0.29, 0.717) is 17.7 Å². The summed E-state index contributed by atoms with van der Waals surface area (Å²) in [4.78, 5) is 15.5. The Labute approximate surface area is 168 Å². The number of amides is 1. The minimum absolute atomic E-state index is 0.0774. The Morgan fingerprint density at radius 2 is 2.03 bits per heavy atom. The lowest BCUT2D eigenvalue weighted by Crippen LogP contribution is -2.42. The number of halogens is 4. The number of hydrogen-bond donors (Lipinski definition) is 1. The predicted molar refractivity (Wildman–Crippen MR) is 93.0 cm³/mol. The molecule has 1 N–H and O–H groups in total. The Bertz CT molecular complexity index is 896. The van der Waals surface area contributed by atoms with Crippen LogP contribution in [0, 0.1) is 5.82 Å². The van der Waals surface area contributed by atoms with Gasteiger partial charge in [-0.15, -0.1) is 23.4 Å². The van der Waals surface area contributed by atoms with Gasteiger partial charge in [-0.3, -0.25) is 14.5 Å². The predicted octanol–water partition coefficient (Wildman–Crippen LogP) is 2.92. The molecule has 2 aromatic rings. The molecule has 0 aliphatic heterocycles. The third-order valence-corrected chi connectivity index (χ3v) is 4.18. The average molecular weight is 430 g/mol. The molecule has 0 spiro atoms. The number of allylic oxidation sites excluding steroid dienone is 1. The molecule has 0 saturated heterocycles. The quantitative estimate of drug-likeness (QED) is 0.611. The first-order chi connectivity index (χ1) is 14.2. The van der Waals surface area contributed by atoms with Gasteiger partial charge in [0, 0.05) is 31.2 Å². The van der Waals surface area contributed by atoms with E-state index < -0.39 is 30.3 Å². The molecule has 162 valence electrons. The Morgan fingerprint density at radius 1 is 1.27 bits per heavy atom. The lowest BCUT2D eigenvalue weighted by molar-refractivity contribution is -0.357. The summed E-state index contributed by atoms with van der Waals surface area (Å²) in [5.41, 5.74) is 0.722. The summed E-state index contributed by atoms with van der Waals surface area (Å²) >= 11 is 0. The molecule has 1 aliphatic rings. The first-order valence-corrected chi connectivity index (χ1v) is 8.95. The molecule has 0 unspecified atom stereocenters. The molecule has 0 bridgehead atoms. The van der Waals surface area contributed by atoms with Crippen LogP contribution in [0.3, 0.4) is 0 Å². The average Bonchev–Trinajstić information content (AvgIpc) is 3.10. The van der Waals surface area contributed by atoms with Crippen molar-refractivity contribution < 1.29 is 36.2 Å². The van der Waals surface area contributed by atoms with Crippen LogP contribution in [0.25, 0.3) is 11.5 Å². The number of carbonyl (C=O) groups excluding carboxylic acids is 1. The summed E-state index contributed by atoms with van der Waals surface area (Å²) in [6.07, 6.45) is -2.87. The van der Waals surface area contributed by atoms with Crippen molar-refractivity contribution >= 4 is 5.91 Å². The topological polar surface area (TPSA) is 99.4 Å². The fraction of sp³-hybridized carbons (Fsp3) is 0.444. The molecule has 0 aromatic carbocycles. The van der Waals surface area contributed by atoms with Gasteiger partial charge in [0.15, 0.2) is 0 Å². The third-order valence-electron chi connectivity index (χ3n) is 4.18. The van der Waals surface area contributed by atoms with Gasteiger partial charge in [0.05, 0.1) is 24.0 Å². The normalized spacial score (nSPS) is 18.7. The SMILES string of the molecule is C=C(CCc1nnc(-c2cncc(F)c2)o1)NC(=O)CO[C@H]1C[C@@H](OC(F)(F)F)C1. The lowest BCUT2D eigenvalue weighted by atomic mass is 9.92. The maximum atomic E-state index is 13.2. The second kappa shape index (κ2) is 9.30. The number of rotatable bonds is 9. The number of aromatic nitrogens is 3. The van der Waals surface area contributed by atoms with Crippen molar-refractivity contribution in [2.24, 2.45) is 0 Å². The molecule has 8 nitrogen and oxygen atoms in total. The van der Waals surface area contributed by atoms with E-state index in [9.17, 15) is 22.4 Å². The van der Waals surface area contributed by atoms with Crippen LogP contribution in [0.4, 0.5) is 17.6 Å². The van der Waals surface area contributed by atoms with Gasteiger partial charge < -0.3 is 14.5 Å². The second-order valence-corrected chi connectivity index (χ2v) is 6.63. The summed E-state index contributed by atoms with van der Waals surface area (Å²) in [5, 5.41) is 10.2. The van der Waals surface area contributed by atoms with Crippen LogP contribution in [-0.4, -0.2) is 46.3 Å². The number of alkyl halides is 3. The summed E-state index contributed by atoms with van der Waals surface area (Å²) in [6.45, 7) is 3.41. The summed E-state index contributed by atoms with van der Waals surface area (Å²) in [7, 11) is 0. The molecule has 1 aliphatic carbocycles. The molecule has 2 aromatic heterocycles. The van der Waals surface area contributed by atoms with Crippen LogP contribution in [-0.2, 0) is 20.7 Å². The van der Waals surface area contributed by atoms with E-state index in [1.807, 2.05) is 0 Å². The second-order valence-electron chi connectivity index (χ2n) is 6.63. The van der Waals surface area contributed by atoms with E-state index in [1.165, 1.54) is 12.3 Å². The van der Waals surface area contributed by atoms with Crippen molar-refractivity contribution in [3.63, 3.8) is 0 Å². The smallest absolute Gasteiger partial charge is 0.421 e. The molecule has 1 saturated carbocycles. The van der Waals surface area contributed by atoms with Gasteiger partial charge in [0.25, 0.3) is 0 Å². The molecule has 1 fully saturated rings. The highest BCUT2D eigenvalue weighted by Gasteiger charge is 2.40. The van der Waals surface area contributed by atoms with E-state index in [-0.39, 0.29) is 37.7 Å². The van der Waals surface area contributed by atoms with Gasteiger partial charge in [-0.1, -0.05) is 6.58 Å². The third kappa shape index (κ3) is 6.59. The lowest BCUT2D eigenvalue weighted by Gasteiger charge is -2.34. The molecule has 30 heavy (non-hydrogen) atoms. The van der Waals surface area contributed by atoms with Crippen LogP contribution < -0.4 is 5.32 Å². The van der Waals surface area contributed by atoms with Crippen molar-refractivity contribution in [2.75, 3.05) is 6.61 Å². The number of nitrogens with zero attached hydrogens (tertiary/aromatic N) is 3. The maximum absolute atomic E-state index is 13.2. The van der Waals surface area contributed by atoms with Crippen LogP contribution in [0.2, 0.25) is 0 Å². The molecule has 12 heteroatoms. The van der Waals surface area contributed by atoms with E-state index in [4.69, 9.17) is 9.15 Å². The zero-order chi connectivity index (χ0) is 21.7. The molecule has 3 rings (SSSR count). The van der Waals surface area contributed by atoms with E-state index >= 15 is 0 Å².